The third-order valence-corrected chi connectivity index (χ3v) is 7.02. The van der Waals surface area contributed by atoms with E-state index in [-0.39, 0.29) is 12.1 Å². The molecule has 1 saturated heterocycles. The average Bonchev–Trinajstić information content (AvgIpc) is 3.15. The van der Waals surface area contributed by atoms with Gasteiger partial charge in [0.25, 0.3) is 5.56 Å². The molecule has 1 aliphatic heterocycles. The minimum Gasteiger partial charge on any atom is -0.369 e. The number of benzene rings is 2. The van der Waals surface area contributed by atoms with Crippen LogP contribution in [0.4, 0.5) is 23.0 Å². The summed E-state index contributed by atoms with van der Waals surface area (Å²) >= 11 is 0. The maximum Gasteiger partial charge on any atom is 0.278 e. The monoisotopic (exact) mass is 532 g/mol. The summed E-state index contributed by atoms with van der Waals surface area (Å²) in [6.07, 6.45) is 6.37. The van der Waals surface area contributed by atoms with Gasteiger partial charge in [0, 0.05) is 66.0 Å². The van der Waals surface area contributed by atoms with Crippen molar-refractivity contribution in [3.63, 3.8) is 0 Å². The standard InChI is InChI=1S/C27H32N8O2S/c1-5-13-34-26(36)24-19-28-27(29-20-9-11-22(12-10-20)33-16-14-32(2)15-17-33)30-25(24)35(34)23-8-6-7-21(18-23)31-38(3,4)37/h5-12,18-19H,1,13-17H2,2-4H3,(H,28,29,30). The Hall–Kier alpha value is -3.96. The van der Waals surface area contributed by atoms with Crippen molar-refractivity contribution in [1.82, 2.24) is 24.2 Å². The number of hydrogen-bond donors (Lipinski definition) is 1. The maximum absolute atomic E-state index is 13.2. The third kappa shape index (κ3) is 5.48. The number of nitrogens with one attached hydrogen (secondary N) is 1. The molecule has 2 aromatic heterocycles. The summed E-state index contributed by atoms with van der Waals surface area (Å²) in [6, 6.07) is 15.5. The molecule has 0 amide bonds. The summed E-state index contributed by atoms with van der Waals surface area (Å²) in [6.45, 7) is 8.19. The van der Waals surface area contributed by atoms with Crippen LogP contribution in [0.5, 0.6) is 0 Å². The number of nitrogens with zero attached hydrogens (tertiary/aromatic N) is 7. The molecular weight excluding hydrogens is 500 g/mol. The quantitative estimate of drug-likeness (QED) is 0.363. The van der Waals surface area contributed by atoms with Gasteiger partial charge in [-0.15, -0.1) is 6.58 Å². The predicted octanol–water partition coefficient (Wildman–Crippen LogP) is 3.62. The summed E-state index contributed by atoms with van der Waals surface area (Å²) in [7, 11) is -0.202. The van der Waals surface area contributed by atoms with E-state index >= 15 is 0 Å². The molecule has 0 radical (unpaired) electrons. The lowest BCUT2D eigenvalue weighted by molar-refractivity contribution is 0.313. The van der Waals surface area contributed by atoms with Crippen LogP contribution in [0.2, 0.25) is 0 Å². The molecule has 2 aromatic carbocycles. The molecule has 0 bridgehead atoms. The van der Waals surface area contributed by atoms with E-state index < -0.39 is 9.73 Å². The first-order valence-electron chi connectivity index (χ1n) is 12.4. The van der Waals surface area contributed by atoms with Gasteiger partial charge in [-0.1, -0.05) is 12.1 Å². The van der Waals surface area contributed by atoms with E-state index in [2.05, 4.69) is 50.2 Å². The first-order valence-corrected chi connectivity index (χ1v) is 14.7. The fraction of sp³-hybridized carbons (Fsp3) is 0.296. The SMILES string of the molecule is C=CCn1c(=O)c2cnc(Nc3ccc(N4CCN(C)CC4)cc3)nc2n1-c1cccc(N=S(C)(C)=O)c1. The molecule has 3 heterocycles. The Morgan fingerprint density at radius 2 is 1.82 bits per heavy atom. The lowest BCUT2D eigenvalue weighted by Gasteiger charge is -2.34. The molecule has 0 aliphatic carbocycles. The summed E-state index contributed by atoms with van der Waals surface area (Å²) in [5, 5.41) is 3.65. The molecule has 38 heavy (non-hydrogen) atoms. The van der Waals surface area contributed by atoms with E-state index in [1.165, 1.54) is 5.69 Å². The third-order valence-electron chi connectivity index (χ3n) is 6.37. The summed E-state index contributed by atoms with van der Waals surface area (Å²) in [4.78, 5) is 27.1. The van der Waals surface area contributed by atoms with Gasteiger partial charge >= 0.3 is 0 Å². The number of aromatic nitrogens is 4. The van der Waals surface area contributed by atoms with E-state index in [0.717, 1.165) is 31.9 Å². The van der Waals surface area contributed by atoms with Crippen molar-refractivity contribution >= 4 is 43.8 Å². The fourth-order valence-corrected chi connectivity index (χ4v) is 5.14. The Kier molecular flexibility index (Phi) is 7.04. The first-order chi connectivity index (χ1) is 18.2. The average molecular weight is 533 g/mol. The van der Waals surface area contributed by atoms with E-state index in [9.17, 15) is 9.00 Å². The van der Waals surface area contributed by atoms with Crippen LogP contribution in [0, 0.1) is 0 Å². The predicted molar refractivity (Wildman–Crippen MR) is 155 cm³/mol. The van der Waals surface area contributed by atoms with Crippen LogP contribution in [0.15, 0.2) is 76.5 Å². The van der Waals surface area contributed by atoms with Crippen LogP contribution >= 0.6 is 0 Å². The molecule has 0 spiro atoms. The van der Waals surface area contributed by atoms with Crippen molar-refractivity contribution in [3.8, 4) is 5.69 Å². The number of likely N-dealkylation sites (N-methyl/N-ethyl adjacent to an activating group) is 1. The zero-order chi connectivity index (χ0) is 26.9. The number of hydrogen-bond acceptors (Lipinski definition) is 8. The summed E-state index contributed by atoms with van der Waals surface area (Å²) < 4.78 is 19.9. The molecule has 0 unspecified atom stereocenters. The topological polar surface area (TPSA) is 101 Å². The van der Waals surface area contributed by atoms with Gasteiger partial charge in [-0.2, -0.15) is 9.35 Å². The van der Waals surface area contributed by atoms with E-state index in [0.29, 0.717) is 28.4 Å². The lowest BCUT2D eigenvalue weighted by Crippen LogP contribution is -2.44. The molecular formula is C27H32N8O2S. The highest BCUT2D eigenvalue weighted by Gasteiger charge is 2.18. The molecule has 0 atom stereocenters. The first kappa shape index (κ1) is 25.7. The highest BCUT2D eigenvalue weighted by Crippen LogP contribution is 2.24. The van der Waals surface area contributed by atoms with Crippen LogP contribution in [0.1, 0.15) is 0 Å². The molecule has 11 heteroatoms. The van der Waals surface area contributed by atoms with Crippen LogP contribution < -0.4 is 15.8 Å². The molecule has 4 aromatic rings. The molecule has 0 saturated carbocycles. The Morgan fingerprint density at radius 3 is 2.50 bits per heavy atom. The normalized spacial score (nSPS) is 14.6. The van der Waals surface area contributed by atoms with Crippen LogP contribution in [-0.2, 0) is 16.3 Å². The second-order valence-electron chi connectivity index (χ2n) is 9.67. The van der Waals surface area contributed by atoms with Gasteiger partial charge in [-0.05, 0) is 49.5 Å². The van der Waals surface area contributed by atoms with Gasteiger partial charge in [0.1, 0.15) is 5.39 Å². The smallest absolute Gasteiger partial charge is 0.278 e. The van der Waals surface area contributed by atoms with Gasteiger partial charge in [0.15, 0.2) is 5.65 Å². The van der Waals surface area contributed by atoms with Crippen molar-refractivity contribution in [3.05, 3.63) is 77.7 Å². The number of anilines is 3. The Labute approximate surface area is 222 Å². The Bertz CT molecular complexity index is 1650. The van der Waals surface area contributed by atoms with Crippen molar-refractivity contribution in [2.45, 2.75) is 6.54 Å². The van der Waals surface area contributed by atoms with E-state index in [1.54, 1.807) is 46.3 Å². The maximum atomic E-state index is 13.2. The van der Waals surface area contributed by atoms with Crippen LogP contribution in [-0.4, -0.2) is 74.2 Å². The highest BCUT2D eigenvalue weighted by atomic mass is 32.2. The molecule has 198 valence electrons. The largest absolute Gasteiger partial charge is 0.369 e. The molecule has 10 nitrogen and oxygen atoms in total. The Balaban J connectivity index is 1.50. The van der Waals surface area contributed by atoms with E-state index in [4.69, 9.17) is 4.98 Å². The van der Waals surface area contributed by atoms with E-state index in [1.807, 2.05) is 24.3 Å². The number of allylic oxidation sites excluding steroid dienone is 1. The van der Waals surface area contributed by atoms with Crippen molar-refractivity contribution in [2.75, 3.05) is 56.0 Å². The second kappa shape index (κ2) is 10.4. The van der Waals surface area contributed by atoms with Crippen molar-refractivity contribution < 1.29 is 4.21 Å². The second-order valence-corrected chi connectivity index (χ2v) is 12.2. The van der Waals surface area contributed by atoms with Crippen LogP contribution in [0.3, 0.4) is 0 Å². The molecule has 1 N–H and O–H groups in total. The molecule has 1 aliphatic rings. The van der Waals surface area contributed by atoms with Crippen LogP contribution in [0.25, 0.3) is 16.7 Å². The number of fused-ring (bicyclic) bond motifs is 1. The van der Waals surface area contributed by atoms with Crippen molar-refractivity contribution in [1.29, 1.82) is 0 Å². The fourth-order valence-electron chi connectivity index (χ4n) is 4.52. The Morgan fingerprint density at radius 1 is 1.08 bits per heavy atom. The van der Waals surface area contributed by atoms with Gasteiger partial charge in [0.2, 0.25) is 5.95 Å². The van der Waals surface area contributed by atoms with Gasteiger partial charge in [-0.3, -0.25) is 4.79 Å². The summed E-state index contributed by atoms with van der Waals surface area (Å²) in [5.41, 5.74) is 3.50. The van der Waals surface area contributed by atoms with Crippen molar-refractivity contribution in [2.24, 2.45) is 4.36 Å². The minimum atomic E-state index is -2.35. The van der Waals surface area contributed by atoms with Gasteiger partial charge < -0.3 is 15.1 Å². The molecule has 1 fully saturated rings. The number of piperazine rings is 1. The van der Waals surface area contributed by atoms with Gasteiger partial charge in [0.05, 0.1) is 17.9 Å². The zero-order valence-corrected chi connectivity index (χ0v) is 22.7. The minimum absolute atomic E-state index is 0.222. The van der Waals surface area contributed by atoms with Gasteiger partial charge in [-0.25, -0.2) is 18.6 Å². The lowest BCUT2D eigenvalue weighted by atomic mass is 10.2. The summed E-state index contributed by atoms with van der Waals surface area (Å²) in [5.74, 6) is 0.375. The molecule has 5 rings (SSSR count). The highest BCUT2D eigenvalue weighted by molar-refractivity contribution is 7.92. The number of rotatable bonds is 7. The zero-order valence-electron chi connectivity index (χ0n) is 21.9.